The third-order valence-electron chi connectivity index (χ3n) is 1.84. The summed E-state index contributed by atoms with van der Waals surface area (Å²) in [7, 11) is 0. The molecule has 0 saturated heterocycles. The lowest BCUT2D eigenvalue weighted by Gasteiger charge is -2.17. The quantitative estimate of drug-likeness (QED) is 0.583. The number of hydrogen-bond acceptors (Lipinski definition) is 6. The summed E-state index contributed by atoms with van der Waals surface area (Å²) in [6.45, 7) is 2.13. The van der Waals surface area contributed by atoms with Gasteiger partial charge in [0.05, 0.1) is 12.7 Å². The molecule has 2 atom stereocenters. The van der Waals surface area contributed by atoms with E-state index in [0.717, 1.165) is 0 Å². The Morgan fingerprint density at radius 2 is 1.81 bits per heavy atom. The molecule has 0 aromatic carbocycles. The van der Waals surface area contributed by atoms with Crippen molar-refractivity contribution in [1.82, 2.24) is 0 Å². The van der Waals surface area contributed by atoms with Crippen molar-refractivity contribution >= 4 is 11.9 Å². The van der Waals surface area contributed by atoms with Crippen LogP contribution in [0.25, 0.3) is 0 Å². The van der Waals surface area contributed by atoms with E-state index in [4.69, 9.17) is 19.7 Å². The molecule has 16 heavy (non-hydrogen) atoms. The number of carbonyl (C=O) groups excluding carboxylic acids is 2. The third kappa shape index (κ3) is 8.19. The van der Waals surface area contributed by atoms with Gasteiger partial charge in [0.2, 0.25) is 0 Å². The van der Waals surface area contributed by atoms with Crippen molar-refractivity contribution < 1.29 is 29.3 Å². The Morgan fingerprint density at radius 3 is 2.25 bits per heavy atom. The van der Waals surface area contributed by atoms with Gasteiger partial charge in [-0.05, 0) is 12.8 Å². The van der Waals surface area contributed by atoms with Crippen LogP contribution in [0.15, 0.2) is 0 Å². The highest BCUT2D eigenvalue weighted by molar-refractivity contribution is 5.67. The Balaban J connectivity index is 3.99. The summed E-state index contributed by atoms with van der Waals surface area (Å²) in [5.41, 5.74) is 0. The van der Waals surface area contributed by atoms with E-state index in [-0.39, 0.29) is 19.6 Å². The monoisotopic (exact) mass is 234 g/mol. The third-order valence-corrected chi connectivity index (χ3v) is 1.84. The average Bonchev–Trinajstić information content (AvgIpc) is 2.20. The summed E-state index contributed by atoms with van der Waals surface area (Å²) in [6, 6.07) is 0. The van der Waals surface area contributed by atoms with Crippen molar-refractivity contribution in [2.24, 2.45) is 0 Å². The Labute approximate surface area is 94.2 Å². The van der Waals surface area contributed by atoms with Gasteiger partial charge in [0.25, 0.3) is 0 Å². The molecule has 6 nitrogen and oxygen atoms in total. The van der Waals surface area contributed by atoms with Gasteiger partial charge < -0.3 is 19.7 Å². The normalized spacial score (nSPS) is 14.0. The molecular formula is C10H18O6. The molecule has 0 aromatic heterocycles. The minimum absolute atomic E-state index is 0.0347. The van der Waals surface area contributed by atoms with Crippen LogP contribution in [0.5, 0.6) is 0 Å². The van der Waals surface area contributed by atoms with Gasteiger partial charge in [0, 0.05) is 13.8 Å². The van der Waals surface area contributed by atoms with Crippen LogP contribution in [-0.2, 0) is 19.1 Å². The zero-order valence-electron chi connectivity index (χ0n) is 9.51. The first-order valence-corrected chi connectivity index (χ1v) is 5.05. The van der Waals surface area contributed by atoms with Crippen LogP contribution < -0.4 is 0 Å². The van der Waals surface area contributed by atoms with E-state index >= 15 is 0 Å². The fraction of sp³-hybridized carbons (Fsp3) is 0.800. The zero-order chi connectivity index (χ0) is 12.6. The molecule has 0 aliphatic carbocycles. The highest BCUT2D eigenvalue weighted by Crippen LogP contribution is 2.07. The van der Waals surface area contributed by atoms with Crippen molar-refractivity contribution in [1.29, 1.82) is 0 Å². The molecule has 0 heterocycles. The number of aliphatic hydroxyl groups excluding tert-OH is 2. The predicted molar refractivity (Wildman–Crippen MR) is 54.5 cm³/mol. The molecule has 0 radical (unpaired) electrons. The minimum atomic E-state index is -0.851. The van der Waals surface area contributed by atoms with E-state index in [0.29, 0.717) is 6.42 Å². The van der Waals surface area contributed by atoms with Crippen LogP contribution in [-0.4, -0.2) is 47.6 Å². The molecule has 0 aromatic rings. The second-order valence-electron chi connectivity index (χ2n) is 3.45. The van der Waals surface area contributed by atoms with Crippen molar-refractivity contribution in [3.63, 3.8) is 0 Å². The Bertz CT molecular complexity index is 227. The standard InChI is InChI=1S/C10H18O6/c1-7(12)15-6-10(16-8(2)13)4-3-9(14)5-11/h9-11,14H,3-6H2,1-2H3/t9-,10+/m1/s1. The predicted octanol–water partition coefficient (Wildman–Crippen LogP) is -0.385. The van der Waals surface area contributed by atoms with Crippen LogP contribution in [0, 0.1) is 0 Å². The van der Waals surface area contributed by atoms with Gasteiger partial charge in [-0.2, -0.15) is 0 Å². The molecule has 0 spiro atoms. The lowest BCUT2D eigenvalue weighted by Crippen LogP contribution is -2.26. The maximum atomic E-state index is 10.7. The molecule has 0 amide bonds. The molecule has 2 N–H and O–H groups in total. The molecule has 94 valence electrons. The second-order valence-corrected chi connectivity index (χ2v) is 3.45. The van der Waals surface area contributed by atoms with Crippen molar-refractivity contribution in [3.8, 4) is 0 Å². The summed E-state index contributed by atoms with van der Waals surface area (Å²) >= 11 is 0. The molecule has 0 rings (SSSR count). The molecule has 0 aliphatic rings. The summed E-state index contributed by atoms with van der Waals surface area (Å²) in [5, 5.41) is 17.7. The van der Waals surface area contributed by atoms with Crippen LogP contribution in [0.3, 0.4) is 0 Å². The Kier molecular flexibility index (Phi) is 7.49. The van der Waals surface area contributed by atoms with E-state index in [1.54, 1.807) is 0 Å². The summed E-state index contributed by atoms with van der Waals surface area (Å²) < 4.78 is 9.60. The van der Waals surface area contributed by atoms with Gasteiger partial charge >= 0.3 is 11.9 Å². The van der Waals surface area contributed by atoms with Gasteiger partial charge in [-0.1, -0.05) is 0 Å². The minimum Gasteiger partial charge on any atom is -0.462 e. The first kappa shape index (κ1) is 14.9. The van der Waals surface area contributed by atoms with Crippen LogP contribution >= 0.6 is 0 Å². The van der Waals surface area contributed by atoms with E-state index in [1.807, 2.05) is 0 Å². The second kappa shape index (κ2) is 8.06. The smallest absolute Gasteiger partial charge is 0.303 e. The van der Waals surface area contributed by atoms with E-state index in [9.17, 15) is 9.59 Å². The highest BCUT2D eigenvalue weighted by Gasteiger charge is 2.15. The van der Waals surface area contributed by atoms with Crippen molar-refractivity contribution in [3.05, 3.63) is 0 Å². The highest BCUT2D eigenvalue weighted by atomic mass is 16.6. The topological polar surface area (TPSA) is 93.1 Å². The SMILES string of the molecule is CC(=O)OC[C@H](CC[C@@H](O)CO)OC(C)=O. The summed E-state index contributed by atoms with van der Waals surface area (Å²) in [4.78, 5) is 21.3. The van der Waals surface area contributed by atoms with Gasteiger partial charge in [-0.15, -0.1) is 0 Å². The first-order valence-electron chi connectivity index (χ1n) is 5.05. The van der Waals surface area contributed by atoms with Crippen LogP contribution in [0.1, 0.15) is 26.7 Å². The number of ether oxygens (including phenoxy) is 2. The molecular weight excluding hydrogens is 216 g/mol. The lowest BCUT2D eigenvalue weighted by molar-refractivity contribution is -0.157. The molecule has 0 fully saturated rings. The van der Waals surface area contributed by atoms with Gasteiger partial charge in [-0.25, -0.2) is 0 Å². The average molecular weight is 234 g/mol. The Hall–Kier alpha value is -1.14. The maximum Gasteiger partial charge on any atom is 0.303 e. The van der Waals surface area contributed by atoms with E-state index in [2.05, 4.69) is 0 Å². The summed E-state index contributed by atoms with van der Waals surface area (Å²) in [5.74, 6) is -0.935. The number of carbonyl (C=O) groups is 2. The number of hydrogen-bond donors (Lipinski definition) is 2. The maximum absolute atomic E-state index is 10.7. The molecule has 0 bridgehead atoms. The number of aliphatic hydroxyl groups is 2. The molecule has 0 aliphatic heterocycles. The largest absolute Gasteiger partial charge is 0.462 e. The lowest BCUT2D eigenvalue weighted by atomic mass is 10.1. The molecule has 0 unspecified atom stereocenters. The number of esters is 2. The van der Waals surface area contributed by atoms with Gasteiger partial charge in [-0.3, -0.25) is 9.59 Å². The van der Waals surface area contributed by atoms with Gasteiger partial charge in [0.1, 0.15) is 12.7 Å². The Morgan fingerprint density at radius 1 is 1.19 bits per heavy atom. The summed E-state index contributed by atoms with van der Waals surface area (Å²) in [6.07, 6.45) is -0.831. The molecule has 0 saturated carbocycles. The molecule has 6 heteroatoms. The van der Waals surface area contributed by atoms with Crippen molar-refractivity contribution in [2.75, 3.05) is 13.2 Å². The zero-order valence-corrected chi connectivity index (χ0v) is 9.51. The first-order chi connectivity index (χ1) is 7.45. The van der Waals surface area contributed by atoms with Crippen LogP contribution in [0.4, 0.5) is 0 Å². The number of rotatable bonds is 7. The fourth-order valence-electron chi connectivity index (χ4n) is 1.09. The van der Waals surface area contributed by atoms with E-state index in [1.165, 1.54) is 13.8 Å². The van der Waals surface area contributed by atoms with E-state index < -0.39 is 24.1 Å². The van der Waals surface area contributed by atoms with Crippen molar-refractivity contribution in [2.45, 2.75) is 38.9 Å². The van der Waals surface area contributed by atoms with Crippen LogP contribution in [0.2, 0.25) is 0 Å². The van der Waals surface area contributed by atoms with Gasteiger partial charge in [0.15, 0.2) is 0 Å². The fourth-order valence-corrected chi connectivity index (χ4v) is 1.09.